The summed E-state index contributed by atoms with van der Waals surface area (Å²) < 4.78 is 0. The number of likely N-dealkylation sites (N-methyl/N-ethyl adjacent to an activating group) is 1. The van der Waals surface area contributed by atoms with Gasteiger partial charge in [0.1, 0.15) is 0 Å². The Morgan fingerprint density at radius 3 is 2.89 bits per heavy atom. The smallest absolute Gasteiger partial charge is 0.256 e. The number of nitrogens with two attached hydrogens (primary N) is 1. The molecule has 19 heavy (non-hydrogen) atoms. The maximum atomic E-state index is 12.2. The zero-order valence-electron chi connectivity index (χ0n) is 10.7. The van der Waals surface area contributed by atoms with Crippen LogP contribution in [0.4, 0.5) is 5.69 Å². The highest BCUT2D eigenvalue weighted by Gasteiger charge is 2.31. The molecule has 1 atom stereocenters. The molecule has 2 aromatic rings. The second-order valence-corrected chi connectivity index (χ2v) is 4.84. The van der Waals surface area contributed by atoms with Crippen LogP contribution in [-0.2, 0) is 0 Å². The van der Waals surface area contributed by atoms with Crippen LogP contribution in [0.5, 0.6) is 0 Å². The van der Waals surface area contributed by atoms with Gasteiger partial charge in [0.25, 0.3) is 5.91 Å². The number of carbonyl (C=O) groups is 1. The van der Waals surface area contributed by atoms with Crippen molar-refractivity contribution in [1.29, 1.82) is 0 Å². The highest BCUT2D eigenvalue weighted by Crippen LogP contribution is 2.34. The third-order valence-electron chi connectivity index (χ3n) is 3.61. The topological polar surface area (TPSA) is 59.2 Å². The van der Waals surface area contributed by atoms with Crippen molar-refractivity contribution < 1.29 is 4.79 Å². The van der Waals surface area contributed by atoms with Crippen molar-refractivity contribution in [3.63, 3.8) is 0 Å². The molecule has 0 fully saturated rings. The molecule has 0 radical (unpaired) electrons. The normalized spacial score (nSPS) is 18.3. The van der Waals surface area contributed by atoms with Gasteiger partial charge in [0.05, 0.1) is 5.56 Å². The molecule has 1 aliphatic rings. The van der Waals surface area contributed by atoms with Crippen LogP contribution in [0.25, 0.3) is 0 Å². The summed E-state index contributed by atoms with van der Waals surface area (Å²) in [4.78, 5) is 18.1. The predicted molar refractivity (Wildman–Crippen MR) is 73.9 cm³/mol. The molecule has 4 nitrogen and oxygen atoms in total. The molecule has 96 valence electrons. The minimum atomic E-state index is -0.00626. The number of carbonyl (C=O) groups excluding carboxylic acids is 1. The van der Waals surface area contributed by atoms with E-state index in [9.17, 15) is 4.79 Å². The third kappa shape index (κ3) is 1.85. The van der Waals surface area contributed by atoms with Crippen LogP contribution < -0.4 is 5.73 Å². The quantitative estimate of drug-likeness (QED) is 0.789. The van der Waals surface area contributed by atoms with Gasteiger partial charge in [-0.1, -0.05) is 18.2 Å². The number of pyridine rings is 1. The predicted octanol–water partition coefficient (Wildman–Crippen LogP) is 1.88. The summed E-state index contributed by atoms with van der Waals surface area (Å²) in [5.74, 6) is 0.128. The molecule has 1 amide bonds. The highest BCUT2D eigenvalue weighted by atomic mass is 16.2. The molecule has 1 aromatic heterocycles. The van der Waals surface area contributed by atoms with Gasteiger partial charge in [-0.05, 0) is 23.3 Å². The van der Waals surface area contributed by atoms with Crippen molar-refractivity contribution in [1.82, 2.24) is 9.88 Å². The molecule has 0 saturated heterocycles. The van der Waals surface area contributed by atoms with Gasteiger partial charge in [-0.25, -0.2) is 0 Å². The van der Waals surface area contributed by atoms with Crippen LogP contribution in [0.2, 0.25) is 0 Å². The lowest BCUT2D eigenvalue weighted by molar-refractivity contribution is 0.0773. The number of anilines is 1. The molecule has 0 bridgehead atoms. The number of rotatable bonds is 1. The van der Waals surface area contributed by atoms with E-state index < -0.39 is 0 Å². The molecule has 0 aliphatic carbocycles. The van der Waals surface area contributed by atoms with Crippen LogP contribution >= 0.6 is 0 Å². The number of aromatic nitrogens is 1. The molecule has 1 aliphatic heterocycles. The fourth-order valence-electron chi connectivity index (χ4n) is 2.64. The van der Waals surface area contributed by atoms with Gasteiger partial charge in [-0.3, -0.25) is 9.78 Å². The first-order chi connectivity index (χ1) is 9.18. The van der Waals surface area contributed by atoms with Gasteiger partial charge in [0.15, 0.2) is 0 Å². The first-order valence-corrected chi connectivity index (χ1v) is 6.22. The maximum absolute atomic E-state index is 12.2. The Morgan fingerprint density at radius 1 is 1.32 bits per heavy atom. The molecular weight excluding hydrogens is 238 g/mol. The summed E-state index contributed by atoms with van der Waals surface area (Å²) >= 11 is 0. The van der Waals surface area contributed by atoms with E-state index in [4.69, 9.17) is 5.73 Å². The Labute approximate surface area is 111 Å². The van der Waals surface area contributed by atoms with E-state index in [-0.39, 0.29) is 11.8 Å². The van der Waals surface area contributed by atoms with Crippen molar-refractivity contribution in [3.05, 3.63) is 59.4 Å². The van der Waals surface area contributed by atoms with Crippen molar-refractivity contribution in [2.45, 2.75) is 5.92 Å². The number of benzene rings is 1. The fourth-order valence-corrected chi connectivity index (χ4v) is 2.64. The lowest BCUT2D eigenvalue weighted by Crippen LogP contribution is -2.37. The molecule has 1 unspecified atom stereocenters. The minimum Gasteiger partial charge on any atom is -0.398 e. The van der Waals surface area contributed by atoms with Crippen molar-refractivity contribution >= 4 is 11.6 Å². The van der Waals surface area contributed by atoms with E-state index in [1.165, 1.54) is 0 Å². The lowest BCUT2D eigenvalue weighted by Gasteiger charge is -2.32. The largest absolute Gasteiger partial charge is 0.398 e. The van der Waals surface area contributed by atoms with Gasteiger partial charge in [-0.15, -0.1) is 0 Å². The van der Waals surface area contributed by atoms with Crippen LogP contribution in [0.1, 0.15) is 27.4 Å². The molecule has 0 spiro atoms. The summed E-state index contributed by atoms with van der Waals surface area (Å²) in [7, 11) is 1.81. The summed E-state index contributed by atoms with van der Waals surface area (Å²) in [5, 5.41) is 0. The second-order valence-electron chi connectivity index (χ2n) is 4.84. The molecular formula is C15H15N3O. The standard InChI is InChI=1S/C15H15N3O/c1-18-9-12(10-4-3-7-17-8-10)11-5-2-6-13(16)14(11)15(18)19/h2-8,12H,9,16H2,1H3. The Bertz CT molecular complexity index is 625. The molecule has 3 rings (SSSR count). The fraction of sp³-hybridized carbons (Fsp3) is 0.200. The number of nitrogen functional groups attached to an aromatic ring is 1. The van der Waals surface area contributed by atoms with E-state index >= 15 is 0 Å². The lowest BCUT2D eigenvalue weighted by atomic mass is 9.84. The van der Waals surface area contributed by atoms with Crippen LogP contribution in [0.3, 0.4) is 0 Å². The molecule has 1 aromatic carbocycles. The van der Waals surface area contributed by atoms with E-state index in [1.54, 1.807) is 24.2 Å². The van der Waals surface area contributed by atoms with Gasteiger partial charge >= 0.3 is 0 Å². The highest BCUT2D eigenvalue weighted by molar-refractivity contribution is 6.02. The Balaban J connectivity index is 2.17. The minimum absolute atomic E-state index is 0.00626. The van der Waals surface area contributed by atoms with Crippen molar-refractivity contribution in [3.8, 4) is 0 Å². The average molecular weight is 253 g/mol. The molecule has 0 saturated carbocycles. The summed E-state index contributed by atoms with van der Waals surface area (Å²) in [6.45, 7) is 0.654. The van der Waals surface area contributed by atoms with Crippen molar-refractivity contribution in [2.24, 2.45) is 0 Å². The summed E-state index contributed by atoms with van der Waals surface area (Å²) in [5.41, 5.74) is 9.25. The zero-order valence-corrected chi connectivity index (χ0v) is 10.7. The number of hydrogen-bond donors (Lipinski definition) is 1. The zero-order chi connectivity index (χ0) is 13.4. The first kappa shape index (κ1) is 11.7. The number of hydrogen-bond acceptors (Lipinski definition) is 3. The maximum Gasteiger partial charge on any atom is 0.256 e. The number of amides is 1. The molecule has 4 heteroatoms. The second kappa shape index (κ2) is 4.39. The van der Waals surface area contributed by atoms with E-state index in [0.29, 0.717) is 17.8 Å². The molecule has 2 heterocycles. The van der Waals surface area contributed by atoms with Gasteiger partial charge in [0, 0.05) is 37.6 Å². The third-order valence-corrected chi connectivity index (χ3v) is 3.61. The van der Waals surface area contributed by atoms with Gasteiger partial charge < -0.3 is 10.6 Å². The van der Waals surface area contributed by atoms with Crippen LogP contribution in [0, 0.1) is 0 Å². The SMILES string of the molecule is CN1CC(c2cccnc2)c2cccc(N)c2C1=O. The van der Waals surface area contributed by atoms with E-state index in [0.717, 1.165) is 11.1 Å². The van der Waals surface area contributed by atoms with Crippen molar-refractivity contribution in [2.75, 3.05) is 19.3 Å². The average Bonchev–Trinajstić information content (AvgIpc) is 2.43. The van der Waals surface area contributed by atoms with E-state index in [1.807, 2.05) is 30.5 Å². The number of nitrogens with zero attached hydrogens (tertiary/aromatic N) is 2. The van der Waals surface area contributed by atoms with Crippen LogP contribution in [-0.4, -0.2) is 29.4 Å². The Hall–Kier alpha value is -2.36. The summed E-state index contributed by atoms with van der Waals surface area (Å²) in [6.07, 6.45) is 3.60. The molecule has 2 N–H and O–H groups in total. The Morgan fingerprint density at radius 2 is 2.16 bits per heavy atom. The first-order valence-electron chi connectivity index (χ1n) is 6.22. The van der Waals surface area contributed by atoms with Gasteiger partial charge in [0.2, 0.25) is 0 Å². The van der Waals surface area contributed by atoms with E-state index in [2.05, 4.69) is 4.98 Å². The Kier molecular flexibility index (Phi) is 2.71. The number of fused-ring (bicyclic) bond motifs is 1. The monoisotopic (exact) mass is 253 g/mol. The summed E-state index contributed by atoms with van der Waals surface area (Å²) in [6, 6.07) is 9.60. The van der Waals surface area contributed by atoms with Crippen LogP contribution in [0.15, 0.2) is 42.7 Å². The van der Waals surface area contributed by atoms with Gasteiger partial charge in [-0.2, -0.15) is 0 Å².